The van der Waals surface area contributed by atoms with Gasteiger partial charge in [0.05, 0.1) is 11.1 Å². The van der Waals surface area contributed by atoms with Gasteiger partial charge in [0.2, 0.25) is 0 Å². The minimum Gasteiger partial charge on any atom is -0.487 e. The van der Waals surface area contributed by atoms with Crippen LogP contribution in [0.15, 0.2) is 108 Å². The number of allylic oxidation sites excluding steroid dienone is 3. The Balaban J connectivity index is 1.28. The summed E-state index contributed by atoms with van der Waals surface area (Å²) < 4.78 is 19.3. The molecule has 3 aromatic rings. The summed E-state index contributed by atoms with van der Waals surface area (Å²) in [5.74, 6) is 1.67. The van der Waals surface area contributed by atoms with Gasteiger partial charge in [-0.05, 0) is 117 Å². The van der Waals surface area contributed by atoms with Gasteiger partial charge in [-0.15, -0.1) is 0 Å². The van der Waals surface area contributed by atoms with Crippen molar-refractivity contribution < 1.29 is 28.4 Å². The first-order chi connectivity index (χ1) is 22.6. The molecule has 1 fully saturated rings. The zero-order valence-electron chi connectivity index (χ0n) is 28.8. The zero-order chi connectivity index (χ0) is 33.9. The second kappa shape index (κ2) is 16.8. The number of pyridine rings is 1. The second-order valence-corrected chi connectivity index (χ2v) is 12.4. The number of hydrogen-bond donors (Lipinski definition) is 0. The molecular formula is C40H49N2O5+. The van der Waals surface area contributed by atoms with E-state index in [4.69, 9.17) is 14.2 Å². The summed E-state index contributed by atoms with van der Waals surface area (Å²) in [6.07, 6.45) is 12.0. The summed E-state index contributed by atoms with van der Waals surface area (Å²) in [6, 6.07) is 18.7. The van der Waals surface area contributed by atoms with Crippen molar-refractivity contribution in [3.05, 3.63) is 125 Å². The monoisotopic (exact) mass is 637 g/mol. The van der Waals surface area contributed by atoms with Crippen LogP contribution in [0, 0.1) is 5.92 Å². The topological polar surface area (TPSA) is 69.0 Å². The highest BCUT2D eigenvalue weighted by Crippen LogP contribution is 2.37. The fourth-order valence-electron chi connectivity index (χ4n) is 5.80. The molecule has 0 unspecified atom stereocenters. The average molecular weight is 638 g/mol. The molecule has 4 rings (SSSR count). The fraction of sp³-hybridized carbons (Fsp3) is 0.375. The Morgan fingerprint density at radius 2 is 1.43 bits per heavy atom. The van der Waals surface area contributed by atoms with Gasteiger partial charge in [0.25, 0.3) is 0 Å². The third-order valence-electron chi connectivity index (χ3n) is 9.17. The predicted molar refractivity (Wildman–Crippen MR) is 186 cm³/mol. The van der Waals surface area contributed by atoms with Crippen LogP contribution in [-0.2, 0) is 16.0 Å². The Morgan fingerprint density at radius 1 is 0.851 bits per heavy atom. The minimum atomic E-state index is -0.535. The van der Waals surface area contributed by atoms with Gasteiger partial charge in [0, 0.05) is 31.9 Å². The van der Waals surface area contributed by atoms with E-state index in [1.807, 2.05) is 45.5 Å². The van der Waals surface area contributed by atoms with Crippen LogP contribution < -0.4 is 14.2 Å². The minimum absolute atomic E-state index is 0.183. The molecule has 1 aliphatic rings. The molecular weight excluding hydrogens is 588 g/mol. The number of ether oxygens (including phenoxy) is 3. The molecule has 0 spiro atoms. The molecule has 47 heavy (non-hydrogen) atoms. The van der Waals surface area contributed by atoms with Crippen LogP contribution in [0.25, 0.3) is 0 Å². The molecule has 0 saturated heterocycles. The van der Waals surface area contributed by atoms with E-state index >= 15 is 0 Å². The Bertz CT molecular complexity index is 1580. The molecule has 1 aromatic heterocycles. The van der Waals surface area contributed by atoms with E-state index in [-0.39, 0.29) is 5.76 Å². The number of rotatable bonds is 13. The molecule has 0 atom stereocenters. The van der Waals surface area contributed by atoms with E-state index < -0.39 is 11.9 Å². The molecule has 2 aromatic carbocycles. The van der Waals surface area contributed by atoms with Crippen LogP contribution in [0.5, 0.6) is 5.75 Å². The number of anilines is 1. The quantitative estimate of drug-likeness (QED) is 0.0810. The number of esters is 2. The molecule has 7 heteroatoms. The predicted octanol–water partition coefficient (Wildman–Crippen LogP) is 8.57. The zero-order valence-corrected chi connectivity index (χ0v) is 28.8. The lowest BCUT2D eigenvalue weighted by molar-refractivity contribution is -0.697. The largest absolute Gasteiger partial charge is 0.487 e. The standard InChI is InChI=1S/C40H49N2O5/c1-8-31-10-12-32(13-11-31)33-14-16-34(17-15-33)40(44)47-38(9-2)29(4)28(3)30(5)46-39(43)35-18-20-37(21-19-35)45-27-26-42-24-22-36(23-25-42)41(6)7/h9,14-25,31-32H,5,8,10-13,26-27H2,1-4,6-7H3/q+1/b29-28-,38-9+. The van der Waals surface area contributed by atoms with Gasteiger partial charge in [-0.2, -0.15) is 0 Å². The van der Waals surface area contributed by atoms with Gasteiger partial charge in [-0.25, -0.2) is 14.2 Å². The fourth-order valence-corrected chi connectivity index (χ4v) is 5.80. The molecule has 1 heterocycles. The van der Waals surface area contributed by atoms with Crippen LogP contribution >= 0.6 is 0 Å². The van der Waals surface area contributed by atoms with Gasteiger partial charge in [-0.1, -0.05) is 32.1 Å². The summed E-state index contributed by atoms with van der Waals surface area (Å²) in [6.45, 7) is 12.8. The van der Waals surface area contributed by atoms with E-state index in [1.54, 1.807) is 44.2 Å². The van der Waals surface area contributed by atoms with Crippen molar-refractivity contribution in [2.75, 3.05) is 25.6 Å². The first kappa shape index (κ1) is 35.2. The van der Waals surface area contributed by atoms with Crippen LogP contribution in [0.4, 0.5) is 5.69 Å². The highest BCUT2D eigenvalue weighted by Gasteiger charge is 2.22. The molecule has 7 nitrogen and oxygen atoms in total. The van der Waals surface area contributed by atoms with Crippen molar-refractivity contribution >= 4 is 17.6 Å². The summed E-state index contributed by atoms with van der Waals surface area (Å²) in [5, 5.41) is 0. The van der Waals surface area contributed by atoms with Crippen molar-refractivity contribution in [3.8, 4) is 5.75 Å². The van der Waals surface area contributed by atoms with Crippen molar-refractivity contribution in [3.63, 3.8) is 0 Å². The summed E-state index contributed by atoms with van der Waals surface area (Å²) in [7, 11) is 4.02. The lowest BCUT2D eigenvalue weighted by atomic mass is 9.78. The number of hydrogen-bond acceptors (Lipinski definition) is 6. The molecule has 0 aliphatic heterocycles. The van der Waals surface area contributed by atoms with E-state index in [9.17, 15) is 9.59 Å². The van der Waals surface area contributed by atoms with E-state index in [0.29, 0.717) is 52.9 Å². The molecule has 0 radical (unpaired) electrons. The Hall–Kier alpha value is -4.65. The maximum Gasteiger partial charge on any atom is 0.343 e. The van der Waals surface area contributed by atoms with E-state index in [1.165, 1.54) is 37.7 Å². The van der Waals surface area contributed by atoms with Gasteiger partial charge in [0.15, 0.2) is 18.9 Å². The number of carbonyl (C=O) groups excluding carboxylic acids is 2. The maximum absolute atomic E-state index is 13.0. The number of aromatic nitrogens is 1. The van der Waals surface area contributed by atoms with Gasteiger partial charge in [-0.3, -0.25) is 0 Å². The van der Waals surface area contributed by atoms with Gasteiger partial charge < -0.3 is 19.1 Å². The second-order valence-electron chi connectivity index (χ2n) is 12.4. The van der Waals surface area contributed by atoms with Crippen LogP contribution in [-0.4, -0.2) is 32.6 Å². The van der Waals surface area contributed by atoms with Gasteiger partial charge in [0.1, 0.15) is 23.9 Å². The first-order valence-corrected chi connectivity index (χ1v) is 16.6. The summed E-state index contributed by atoms with van der Waals surface area (Å²) in [4.78, 5) is 28.0. The smallest absolute Gasteiger partial charge is 0.343 e. The normalized spacial score (nSPS) is 16.9. The summed E-state index contributed by atoms with van der Waals surface area (Å²) >= 11 is 0. The van der Waals surface area contributed by atoms with Crippen molar-refractivity contribution in [1.82, 2.24) is 0 Å². The van der Waals surface area contributed by atoms with Crippen LogP contribution in [0.2, 0.25) is 0 Å². The lowest BCUT2D eigenvalue weighted by Gasteiger charge is -2.28. The molecule has 0 amide bonds. The molecule has 0 N–H and O–H groups in total. The van der Waals surface area contributed by atoms with Crippen molar-refractivity contribution in [1.29, 1.82) is 0 Å². The Labute approximate surface area is 280 Å². The summed E-state index contributed by atoms with van der Waals surface area (Å²) in [5.41, 5.74) is 4.55. The van der Waals surface area contributed by atoms with Gasteiger partial charge >= 0.3 is 11.9 Å². The molecule has 1 saturated carbocycles. The molecule has 248 valence electrons. The maximum atomic E-state index is 13.0. The highest BCUT2D eigenvalue weighted by molar-refractivity contribution is 5.91. The average Bonchev–Trinajstić information content (AvgIpc) is 3.10. The number of nitrogens with zero attached hydrogens (tertiary/aromatic N) is 2. The van der Waals surface area contributed by atoms with E-state index in [2.05, 4.69) is 47.2 Å². The van der Waals surface area contributed by atoms with E-state index in [0.717, 1.165) is 11.6 Å². The van der Waals surface area contributed by atoms with Crippen molar-refractivity contribution in [2.24, 2.45) is 5.92 Å². The molecule has 1 aliphatic carbocycles. The molecule has 0 bridgehead atoms. The first-order valence-electron chi connectivity index (χ1n) is 16.6. The number of carbonyl (C=O) groups is 2. The van der Waals surface area contributed by atoms with Crippen LogP contribution in [0.3, 0.4) is 0 Å². The van der Waals surface area contributed by atoms with Crippen LogP contribution in [0.1, 0.15) is 92.0 Å². The Morgan fingerprint density at radius 3 is 1.98 bits per heavy atom. The Kier molecular flexibility index (Phi) is 12.6. The lowest BCUT2D eigenvalue weighted by Crippen LogP contribution is -2.35. The third-order valence-corrected chi connectivity index (χ3v) is 9.17. The highest BCUT2D eigenvalue weighted by atomic mass is 16.5. The SMILES string of the molecule is C=C(OC(=O)c1ccc(OCC[n+]2ccc(N(C)C)cc2)cc1)/C(C)=C(C)\C(=C/C)OC(=O)c1ccc(C2CCC(CC)CC2)cc1. The third kappa shape index (κ3) is 9.67. The number of benzene rings is 2. The van der Waals surface area contributed by atoms with Crippen molar-refractivity contribution in [2.45, 2.75) is 72.3 Å².